The minimum atomic E-state index is -0.0852. The van der Waals surface area contributed by atoms with Gasteiger partial charge in [0.25, 0.3) is 0 Å². The van der Waals surface area contributed by atoms with Crippen molar-refractivity contribution in [1.82, 2.24) is 4.90 Å². The van der Waals surface area contributed by atoms with Gasteiger partial charge in [0.05, 0.1) is 19.6 Å². The number of nitrogens with zero attached hydrogens (tertiary/aromatic N) is 1. The fourth-order valence-corrected chi connectivity index (χ4v) is 5.22. The highest BCUT2D eigenvalue weighted by Gasteiger charge is 2.56. The monoisotopic (exact) mass is 291 g/mol. The third-order valence-electron chi connectivity index (χ3n) is 4.74. The Hall–Kier alpha value is -1.20. The van der Waals surface area contributed by atoms with Crippen LogP contribution in [0, 0.1) is 11.8 Å². The third-order valence-corrected chi connectivity index (χ3v) is 5.79. The second kappa shape index (κ2) is 4.67. The van der Waals surface area contributed by atoms with E-state index in [1.54, 1.807) is 0 Å². The Labute approximate surface area is 122 Å². The number of para-hydroxylation sites is 1. The Morgan fingerprint density at radius 2 is 2.30 bits per heavy atom. The fourth-order valence-electron chi connectivity index (χ4n) is 3.91. The zero-order valence-electron chi connectivity index (χ0n) is 11.3. The first kappa shape index (κ1) is 12.5. The lowest BCUT2D eigenvalue weighted by molar-refractivity contribution is -0.147. The molecule has 5 heteroatoms. The van der Waals surface area contributed by atoms with Gasteiger partial charge in [-0.15, -0.1) is 11.8 Å². The van der Waals surface area contributed by atoms with E-state index >= 15 is 0 Å². The van der Waals surface area contributed by atoms with Crippen molar-refractivity contribution in [3.63, 3.8) is 0 Å². The molecule has 0 N–H and O–H groups in total. The van der Waals surface area contributed by atoms with E-state index in [0.29, 0.717) is 12.6 Å². The molecule has 0 spiro atoms. The van der Waals surface area contributed by atoms with E-state index in [9.17, 15) is 4.79 Å². The zero-order valence-corrected chi connectivity index (χ0v) is 12.1. The predicted octanol–water partition coefficient (Wildman–Crippen LogP) is 1.91. The van der Waals surface area contributed by atoms with Crippen LogP contribution in [0.2, 0.25) is 0 Å². The van der Waals surface area contributed by atoms with Crippen molar-refractivity contribution >= 4 is 17.7 Å². The topological polar surface area (TPSA) is 38.8 Å². The first-order valence-electron chi connectivity index (χ1n) is 6.94. The smallest absolute Gasteiger partial charge is 0.310 e. The van der Waals surface area contributed by atoms with Gasteiger partial charge in [-0.25, -0.2) is 0 Å². The normalized spacial score (nSPS) is 34.9. The van der Waals surface area contributed by atoms with Crippen LogP contribution in [0.3, 0.4) is 0 Å². The number of hydrogen-bond donors (Lipinski definition) is 0. The molecule has 3 aliphatic heterocycles. The van der Waals surface area contributed by atoms with Gasteiger partial charge in [0.2, 0.25) is 0 Å². The van der Waals surface area contributed by atoms with Gasteiger partial charge in [-0.05, 0) is 6.07 Å². The van der Waals surface area contributed by atoms with Crippen LogP contribution < -0.4 is 4.74 Å². The van der Waals surface area contributed by atoms with Crippen LogP contribution in [-0.2, 0) is 9.53 Å². The summed E-state index contributed by atoms with van der Waals surface area (Å²) in [4.78, 5) is 14.7. The van der Waals surface area contributed by atoms with Gasteiger partial charge < -0.3 is 9.47 Å². The molecule has 0 bridgehead atoms. The highest BCUT2D eigenvalue weighted by atomic mass is 32.2. The largest absolute Gasteiger partial charge is 0.493 e. The number of carbonyl (C=O) groups excluding carboxylic acids is 1. The lowest BCUT2D eigenvalue weighted by atomic mass is 9.83. The highest BCUT2D eigenvalue weighted by molar-refractivity contribution is 7.99. The van der Waals surface area contributed by atoms with Crippen LogP contribution in [0.1, 0.15) is 11.6 Å². The highest BCUT2D eigenvalue weighted by Crippen LogP contribution is 2.53. The van der Waals surface area contributed by atoms with Crippen molar-refractivity contribution in [3.05, 3.63) is 29.8 Å². The first-order chi connectivity index (χ1) is 9.81. The molecule has 4 rings (SSSR count). The van der Waals surface area contributed by atoms with E-state index in [0.717, 1.165) is 17.4 Å². The van der Waals surface area contributed by atoms with Crippen molar-refractivity contribution in [1.29, 1.82) is 0 Å². The van der Waals surface area contributed by atoms with Crippen LogP contribution in [0.15, 0.2) is 24.3 Å². The Kier molecular flexibility index (Phi) is 2.93. The number of carbonyl (C=O) groups is 1. The van der Waals surface area contributed by atoms with Crippen LogP contribution in [0.5, 0.6) is 5.75 Å². The maximum atomic E-state index is 12.2. The summed E-state index contributed by atoms with van der Waals surface area (Å²) in [6.45, 7) is 0.610. The van der Waals surface area contributed by atoms with Crippen molar-refractivity contribution in [2.24, 2.45) is 11.8 Å². The van der Waals surface area contributed by atoms with Gasteiger partial charge in [-0.2, -0.15) is 0 Å². The Morgan fingerprint density at radius 3 is 3.15 bits per heavy atom. The fraction of sp³-hybridized carbons (Fsp3) is 0.533. The molecule has 1 aromatic rings. The molecular weight excluding hydrogens is 274 g/mol. The number of esters is 1. The van der Waals surface area contributed by atoms with E-state index in [4.69, 9.17) is 9.47 Å². The van der Waals surface area contributed by atoms with E-state index in [1.165, 1.54) is 12.7 Å². The van der Waals surface area contributed by atoms with Gasteiger partial charge in [-0.3, -0.25) is 9.69 Å². The summed E-state index contributed by atoms with van der Waals surface area (Å²) >= 11 is 1.91. The molecule has 0 radical (unpaired) electrons. The van der Waals surface area contributed by atoms with Crippen LogP contribution in [0.4, 0.5) is 0 Å². The van der Waals surface area contributed by atoms with E-state index in [1.807, 2.05) is 30.0 Å². The number of thioether (sulfide) groups is 1. The van der Waals surface area contributed by atoms with Crippen molar-refractivity contribution < 1.29 is 14.3 Å². The second-order valence-corrected chi connectivity index (χ2v) is 6.59. The van der Waals surface area contributed by atoms with E-state index in [-0.39, 0.29) is 23.8 Å². The van der Waals surface area contributed by atoms with Gasteiger partial charge in [0, 0.05) is 35.2 Å². The molecule has 0 aromatic heterocycles. The second-order valence-electron chi connectivity index (χ2n) is 5.59. The summed E-state index contributed by atoms with van der Waals surface area (Å²) in [6, 6.07) is 8.79. The minimum Gasteiger partial charge on any atom is -0.493 e. The van der Waals surface area contributed by atoms with Gasteiger partial charge in [0.1, 0.15) is 5.75 Å². The molecule has 2 saturated heterocycles. The van der Waals surface area contributed by atoms with Crippen molar-refractivity contribution in [2.45, 2.75) is 12.1 Å². The molecule has 4 nitrogen and oxygen atoms in total. The number of ether oxygens (including phenoxy) is 2. The lowest BCUT2D eigenvalue weighted by Gasteiger charge is -2.33. The summed E-state index contributed by atoms with van der Waals surface area (Å²) in [6.07, 6.45) is 0. The molecular formula is C15H17NO3S. The standard InChI is InChI=1S/C15H17NO3S/c1-18-15(17)13-10-6-19-12-5-3-2-4-9(12)14(10)16-8-20-7-11(13)16/h2-5,10-11,13-14H,6-8H2,1H3/t10-,11-,13+,14+/m0/s1. The molecule has 0 amide bonds. The van der Waals surface area contributed by atoms with E-state index in [2.05, 4.69) is 11.0 Å². The summed E-state index contributed by atoms with van der Waals surface area (Å²) in [5.74, 6) is 3.03. The van der Waals surface area contributed by atoms with Crippen LogP contribution >= 0.6 is 11.8 Å². The van der Waals surface area contributed by atoms with Gasteiger partial charge >= 0.3 is 5.97 Å². The number of fused-ring (bicyclic) bond motifs is 5. The molecule has 4 atom stereocenters. The molecule has 0 saturated carbocycles. The average Bonchev–Trinajstić information content (AvgIpc) is 3.06. The molecule has 1 aromatic carbocycles. The maximum absolute atomic E-state index is 12.2. The first-order valence-corrected chi connectivity index (χ1v) is 8.10. The molecule has 2 fully saturated rings. The predicted molar refractivity (Wildman–Crippen MR) is 76.6 cm³/mol. The van der Waals surface area contributed by atoms with Crippen molar-refractivity contribution in [3.8, 4) is 5.75 Å². The average molecular weight is 291 g/mol. The molecule has 3 aliphatic rings. The molecule has 20 heavy (non-hydrogen) atoms. The quantitative estimate of drug-likeness (QED) is 0.739. The molecule has 106 valence electrons. The number of benzene rings is 1. The molecule has 3 heterocycles. The van der Waals surface area contributed by atoms with E-state index < -0.39 is 0 Å². The summed E-state index contributed by atoms with van der Waals surface area (Å²) in [5, 5.41) is 0. The third kappa shape index (κ3) is 1.63. The number of rotatable bonds is 1. The Bertz CT molecular complexity index is 550. The molecule has 0 aliphatic carbocycles. The number of methoxy groups -OCH3 is 1. The Balaban J connectivity index is 1.78. The number of hydrogen-bond acceptors (Lipinski definition) is 5. The maximum Gasteiger partial charge on any atom is 0.310 e. The SMILES string of the molecule is COC(=O)[C@@H]1[C@@H]2COc3ccccc3[C@H]2N2CSC[C@@H]12. The van der Waals surface area contributed by atoms with Gasteiger partial charge in [0.15, 0.2) is 0 Å². The minimum absolute atomic E-state index is 0.0617. The van der Waals surface area contributed by atoms with Gasteiger partial charge in [-0.1, -0.05) is 18.2 Å². The zero-order chi connectivity index (χ0) is 13.7. The summed E-state index contributed by atoms with van der Waals surface area (Å²) < 4.78 is 10.9. The molecule has 0 unspecified atom stereocenters. The van der Waals surface area contributed by atoms with Crippen molar-refractivity contribution in [2.75, 3.05) is 25.3 Å². The summed E-state index contributed by atoms with van der Waals surface area (Å²) in [7, 11) is 1.49. The summed E-state index contributed by atoms with van der Waals surface area (Å²) in [5.41, 5.74) is 1.22. The Morgan fingerprint density at radius 1 is 1.45 bits per heavy atom. The van der Waals surface area contributed by atoms with Crippen LogP contribution in [-0.4, -0.2) is 42.3 Å². The lowest BCUT2D eigenvalue weighted by Crippen LogP contribution is -2.35. The van der Waals surface area contributed by atoms with Crippen LogP contribution in [0.25, 0.3) is 0 Å².